The molecule has 2 aromatic carbocycles. The topological polar surface area (TPSA) is 91.2 Å². The van der Waals surface area contributed by atoms with E-state index in [0.717, 1.165) is 11.3 Å². The van der Waals surface area contributed by atoms with Crippen LogP contribution >= 0.6 is 0 Å². The van der Waals surface area contributed by atoms with Crippen LogP contribution in [-0.2, 0) is 0 Å². The first-order chi connectivity index (χ1) is 12.6. The normalized spacial score (nSPS) is 11.7. The quantitative estimate of drug-likeness (QED) is 0.730. The van der Waals surface area contributed by atoms with E-state index in [1.807, 2.05) is 25.1 Å². The number of hydrogen-bond acceptors (Lipinski definition) is 6. The minimum Gasteiger partial charge on any atom is -0.497 e. The van der Waals surface area contributed by atoms with Gasteiger partial charge in [-0.25, -0.2) is 4.68 Å². The van der Waals surface area contributed by atoms with Crippen molar-refractivity contribution < 1.29 is 14.3 Å². The molecule has 1 amide bonds. The molecule has 0 aliphatic rings. The predicted molar refractivity (Wildman–Crippen MR) is 94.6 cm³/mol. The third-order valence-corrected chi connectivity index (χ3v) is 3.99. The van der Waals surface area contributed by atoms with Gasteiger partial charge in [0.25, 0.3) is 5.91 Å². The lowest BCUT2D eigenvalue weighted by molar-refractivity contribution is 0.0939. The van der Waals surface area contributed by atoms with Crippen LogP contribution in [0.1, 0.15) is 28.9 Å². The Morgan fingerprint density at radius 2 is 1.88 bits per heavy atom. The van der Waals surface area contributed by atoms with Crippen LogP contribution in [0.15, 0.2) is 48.8 Å². The molecule has 0 aliphatic heterocycles. The summed E-state index contributed by atoms with van der Waals surface area (Å²) in [5, 5.41) is 14.0. The molecule has 1 N–H and O–H groups in total. The smallest absolute Gasteiger partial charge is 0.251 e. The number of tetrazole rings is 1. The van der Waals surface area contributed by atoms with Crippen molar-refractivity contribution in [3.05, 3.63) is 59.9 Å². The summed E-state index contributed by atoms with van der Waals surface area (Å²) in [7, 11) is 3.19. The number of carbonyl (C=O) groups is 1. The van der Waals surface area contributed by atoms with Gasteiger partial charge in [-0.15, -0.1) is 5.10 Å². The van der Waals surface area contributed by atoms with E-state index in [1.165, 1.54) is 11.0 Å². The van der Waals surface area contributed by atoms with Crippen molar-refractivity contribution >= 4 is 5.91 Å². The van der Waals surface area contributed by atoms with Crippen LogP contribution < -0.4 is 14.8 Å². The molecule has 0 unspecified atom stereocenters. The summed E-state index contributed by atoms with van der Waals surface area (Å²) in [5.74, 6) is 1.20. The Hall–Kier alpha value is -3.42. The number of aromatic nitrogens is 4. The molecule has 134 valence electrons. The molecule has 0 bridgehead atoms. The van der Waals surface area contributed by atoms with Crippen molar-refractivity contribution in [3.63, 3.8) is 0 Å². The molecule has 1 heterocycles. The molecule has 0 saturated carbocycles. The van der Waals surface area contributed by atoms with Gasteiger partial charge in [-0.05, 0) is 59.8 Å². The van der Waals surface area contributed by atoms with E-state index in [0.29, 0.717) is 17.1 Å². The van der Waals surface area contributed by atoms with E-state index < -0.39 is 0 Å². The van der Waals surface area contributed by atoms with Gasteiger partial charge in [0, 0.05) is 11.1 Å². The maximum Gasteiger partial charge on any atom is 0.251 e. The maximum atomic E-state index is 12.6. The highest BCUT2D eigenvalue weighted by Crippen LogP contribution is 2.29. The first kappa shape index (κ1) is 17.4. The van der Waals surface area contributed by atoms with E-state index in [1.54, 1.807) is 38.5 Å². The van der Waals surface area contributed by atoms with Gasteiger partial charge in [-0.1, -0.05) is 0 Å². The van der Waals surface area contributed by atoms with Gasteiger partial charge in [0.05, 0.1) is 25.9 Å². The highest BCUT2D eigenvalue weighted by atomic mass is 16.5. The lowest BCUT2D eigenvalue weighted by Gasteiger charge is -2.18. The fourth-order valence-corrected chi connectivity index (χ4v) is 2.58. The number of ether oxygens (including phenoxy) is 2. The standard InChI is InChI=1S/C18H19N5O3/c1-12(16-10-15(25-2)8-9-17(16)26-3)20-18(24)13-4-6-14(7-5-13)23-11-19-21-22-23/h4-12H,1-3H3,(H,20,24)/t12-/m1/s1. The van der Waals surface area contributed by atoms with Crippen molar-refractivity contribution in [1.82, 2.24) is 25.5 Å². The van der Waals surface area contributed by atoms with Crippen molar-refractivity contribution in [2.75, 3.05) is 14.2 Å². The van der Waals surface area contributed by atoms with Crippen LogP contribution in [0.3, 0.4) is 0 Å². The molecule has 0 fully saturated rings. The second-order valence-electron chi connectivity index (χ2n) is 5.60. The summed E-state index contributed by atoms with van der Waals surface area (Å²) in [5.41, 5.74) is 2.15. The minimum absolute atomic E-state index is 0.189. The number of methoxy groups -OCH3 is 2. The summed E-state index contributed by atoms with van der Waals surface area (Å²) in [4.78, 5) is 12.6. The van der Waals surface area contributed by atoms with Crippen molar-refractivity contribution in [2.24, 2.45) is 0 Å². The summed E-state index contributed by atoms with van der Waals surface area (Å²) in [6.45, 7) is 1.89. The van der Waals surface area contributed by atoms with Crippen molar-refractivity contribution in [3.8, 4) is 17.2 Å². The van der Waals surface area contributed by atoms with Crippen LogP contribution in [0, 0.1) is 0 Å². The number of amides is 1. The number of rotatable bonds is 6. The van der Waals surface area contributed by atoms with Gasteiger partial charge in [-0.3, -0.25) is 4.79 Å². The monoisotopic (exact) mass is 353 g/mol. The van der Waals surface area contributed by atoms with E-state index in [9.17, 15) is 4.79 Å². The molecule has 0 saturated heterocycles. The van der Waals surface area contributed by atoms with E-state index in [4.69, 9.17) is 9.47 Å². The van der Waals surface area contributed by atoms with Crippen LogP contribution in [0.2, 0.25) is 0 Å². The molecule has 8 nitrogen and oxygen atoms in total. The molecule has 3 rings (SSSR count). The van der Waals surface area contributed by atoms with Gasteiger partial charge in [-0.2, -0.15) is 0 Å². The van der Waals surface area contributed by atoms with E-state index in [2.05, 4.69) is 20.8 Å². The second-order valence-corrected chi connectivity index (χ2v) is 5.60. The Morgan fingerprint density at radius 3 is 2.50 bits per heavy atom. The zero-order chi connectivity index (χ0) is 18.5. The molecule has 26 heavy (non-hydrogen) atoms. The Morgan fingerprint density at radius 1 is 1.12 bits per heavy atom. The third kappa shape index (κ3) is 3.64. The van der Waals surface area contributed by atoms with Crippen molar-refractivity contribution in [1.29, 1.82) is 0 Å². The average Bonchev–Trinajstić information content (AvgIpc) is 3.22. The van der Waals surface area contributed by atoms with Gasteiger partial charge in [0.1, 0.15) is 17.8 Å². The lowest BCUT2D eigenvalue weighted by Crippen LogP contribution is -2.27. The molecule has 0 spiro atoms. The molecule has 1 atom stereocenters. The molecule has 3 aromatic rings. The second kappa shape index (κ2) is 7.64. The maximum absolute atomic E-state index is 12.6. The summed E-state index contributed by atoms with van der Waals surface area (Å²) in [6, 6.07) is 12.2. The molecule has 1 aromatic heterocycles. The SMILES string of the molecule is COc1ccc(OC)c([C@@H](C)NC(=O)c2ccc(-n3cnnn3)cc2)c1. The number of carbonyl (C=O) groups excluding carboxylic acids is 1. The van der Waals surface area contributed by atoms with E-state index in [-0.39, 0.29) is 11.9 Å². The Labute approximate surface area is 150 Å². The minimum atomic E-state index is -0.258. The first-order valence-electron chi connectivity index (χ1n) is 7.98. The number of nitrogens with zero attached hydrogens (tertiary/aromatic N) is 4. The number of hydrogen-bond donors (Lipinski definition) is 1. The first-order valence-corrected chi connectivity index (χ1v) is 7.98. The molecule has 0 radical (unpaired) electrons. The van der Waals surface area contributed by atoms with E-state index >= 15 is 0 Å². The van der Waals surface area contributed by atoms with Crippen LogP contribution in [0.4, 0.5) is 0 Å². The zero-order valence-corrected chi connectivity index (χ0v) is 14.7. The fraction of sp³-hybridized carbons (Fsp3) is 0.222. The average molecular weight is 353 g/mol. The molecular formula is C18H19N5O3. The third-order valence-electron chi connectivity index (χ3n) is 3.99. The van der Waals surface area contributed by atoms with Crippen molar-refractivity contribution in [2.45, 2.75) is 13.0 Å². The lowest BCUT2D eigenvalue weighted by atomic mass is 10.1. The predicted octanol–water partition coefficient (Wildman–Crippen LogP) is 2.17. The van der Waals surface area contributed by atoms with Crippen LogP contribution in [-0.4, -0.2) is 40.3 Å². The van der Waals surface area contributed by atoms with Gasteiger partial charge in [0.2, 0.25) is 0 Å². The summed E-state index contributed by atoms with van der Waals surface area (Å²) < 4.78 is 12.2. The van der Waals surface area contributed by atoms with Gasteiger partial charge < -0.3 is 14.8 Å². The zero-order valence-electron chi connectivity index (χ0n) is 14.7. The fourth-order valence-electron chi connectivity index (χ4n) is 2.58. The highest BCUT2D eigenvalue weighted by molar-refractivity contribution is 5.94. The Kier molecular flexibility index (Phi) is 5.12. The summed E-state index contributed by atoms with van der Waals surface area (Å²) >= 11 is 0. The van der Waals surface area contributed by atoms with Gasteiger partial charge in [0.15, 0.2) is 0 Å². The number of benzene rings is 2. The van der Waals surface area contributed by atoms with Crippen LogP contribution in [0.5, 0.6) is 11.5 Å². The van der Waals surface area contributed by atoms with Crippen LogP contribution in [0.25, 0.3) is 5.69 Å². The highest BCUT2D eigenvalue weighted by Gasteiger charge is 2.16. The largest absolute Gasteiger partial charge is 0.497 e. The Balaban J connectivity index is 1.75. The van der Waals surface area contributed by atoms with Gasteiger partial charge >= 0.3 is 0 Å². The molecular weight excluding hydrogens is 334 g/mol. The molecule has 0 aliphatic carbocycles. The molecule has 8 heteroatoms. The Bertz CT molecular complexity index is 878. The number of nitrogens with one attached hydrogen (secondary N) is 1. The summed E-state index contributed by atoms with van der Waals surface area (Å²) in [6.07, 6.45) is 1.49.